The number of carbonyl (C=O) groups excluding carboxylic acids is 1. The second-order valence-electron chi connectivity index (χ2n) is 7.07. The number of pyridine rings is 1. The Morgan fingerprint density at radius 1 is 1.21 bits per heavy atom. The van der Waals surface area contributed by atoms with Crippen LogP contribution in [0.1, 0.15) is 24.5 Å². The minimum atomic E-state index is -0.317. The molecule has 2 N–H and O–H groups in total. The van der Waals surface area contributed by atoms with Crippen LogP contribution in [0.4, 0.5) is 10.1 Å². The lowest BCUT2D eigenvalue weighted by Gasteiger charge is -2.32. The van der Waals surface area contributed by atoms with Gasteiger partial charge < -0.3 is 5.32 Å². The third-order valence-corrected chi connectivity index (χ3v) is 5.02. The van der Waals surface area contributed by atoms with E-state index in [-0.39, 0.29) is 11.7 Å². The van der Waals surface area contributed by atoms with Crippen molar-refractivity contribution in [1.82, 2.24) is 20.1 Å². The van der Waals surface area contributed by atoms with Crippen LogP contribution in [0.15, 0.2) is 54.9 Å². The molecule has 3 aromatic rings. The molecule has 0 spiro atoms. The molecule has 1 saturated heterocycles. The second-order valence-corrected chi connectivity index (χ2v) is 7.07. The van der Waals surface area contributed by atoms with E-state index < -0.39 is 0 Å². The molecule has 1 fully saturated rings. The van der Waals surface area contributed by atoms with Gasteiger partial charge in [-0.2, -0.15) is 5.10 Å². The molecule has 6 nitrogen and oxygen atoms in total. The maximum atomic E-state index is 13.0. The highest BCUT2D eigenvalue weighted by molar-refractivity contribution is 5.92. The van der Waals surface area contributed by atoms with Crippen LogP contribution >= 0.6 is 0 Å². The van der Waals surface area contributed by atoms with E-state index >= 15 is 0 Å². The van der Waals surface area contributed by atoms with Gasteiger partial charge in [0.1, 0.15) is 5.82 Å². The number of halogens is 1. The number of rotatable bonds is 5. The molecule has 0 saturated carbocycles. The minimum Gasteiger partial charge on any atom is -0.325 e. The molecule has 7 heteroatoms. The van der Waals surface area contributed by atoms with Gasteiger partial charge in [0.15, 0.2) is 0 Å². The number of anilines is 1. The lowest BCUT2D eigenvalue weighted by molar-refractivity contribution is -0.117. The number of carbonyl (C=O) groups is 1. The summed E-state index contributed by atoms with van der Waals surface area (Å²) in [5.41, 5.74) is 3.61. The van der Waals surface area contributed by atoms with E-state index in [0.29, 0.717) is 18.2 Å². The molecule has 1 amide bonds. The monoisotopic (exact) mass is 379 g/mol. The summed E-state index contributed by atoms with van der Waals surface area (Å²) in [6, 6.07) is 11.8. The predicted molar refractivity (Wildman–Crippen MR) is 105 cm³/mol. The number of piperidine rings is 1. The molecule has 2 aromatic heterocycles. The number of hydrogen-bond acceptors (Lipinski definition) is 4. The summed E-state index contributed by atoms with van der Waals surface area (Å²) < 4.78 is 13.0. The van der Waals surface area contributed by atoms with Crippen molar-refractivity contribution in [3.05, 3.63) is 66.4 Å². The van der Waals surface area contributed by atoms with E-state index in [0.717, 1.165) is 42.9 Å². The lowest BCUT2D eigenvalue weighted by atomic mass is 9.94. The Labute approximate surface area is 162 Å². The van der Waals surface area contributed by atoms with Gasteiger partial charge in [-0.3, -0.25) is 19.8 Å². The lowest BCUT2D eigenvalue weighted by Crippen LogP contribution is -2.40. The van der Waals surface area contributed by atoms with Crippen molar-refractivity contribution in [2.24, 2.45) is 0 Å². The highest BCUT2D eigenvalue weighted by Gasteiger charge is 2.23. The van der Waals surface area contributed by atoms with Gasteiger partial charge in [-0.1, -0.05) is 0 Å². The normalized spacial score (nSPS) is 17.4. The van der Waals surface area contributed by atoms with Crippen LogP contribution in [0.25, 0.3) is 11.3 Å². The summed E-state index contributed by atoms with van der Waals surface area (Å²) in [7, 11) is 0. The van der Waals surface area contributed by atoms with E-state index in [2.05, 4.69) is 37.5 Å². The van der Waals surface area contributed by atoms with E-state index in [9.17, 15) is 9.18 Å². The molecule has 1 atom stereocenters. The van der Waals surface area contributed by atoms with E-state index in [1.54, 1.807) is 18.3 Å². The van der Waals surface area contributed by atoms with E-state index in [4.69, 9.17) is 0 Å². The smallest absolute Gasteiger partial charge is 0.238 e. The van der Waals surface area contributed by atoms with Crippen LogP contribution in [-0.4, -0.2) is 45.6 Å². The molecule has 1 aromatic carbocycles. The quantitative estimate of drug-likeness (QED) is 0.712. The van der Waals surface area contributed by atoms with Gasteiger partial charge in [-0.05, 0) is 61.9 Å². The van der Waals surface area contributed by atoms with Crippen molar-refractivity contribution in [3.63, 3.8) is 0 Å². The zero-order chi connectivity index (χ0) is 19.3. The van der Waals surface area contributed by atoms with Crippen molar-refractivity contribution < 1.29 is 9.18 Å². The average molecular weight is 379 g/mol. The van der Waals surface area contributed by atoms with Gasteiger partial charge in [0.05, 0.1) is 12.2 Å². The number of hydrogen-bond donors (Lipinski definition) is 2. The number of likely N-dealkylation sites (tertiary alicyclic amines) is 1. The van der Waals surface area contributed by atoms with Crippen molar-refractivity contribution >= 4 is 11.6 Å². The molecular formula is C21H22FN5O. The molecule has 3 heterocycles. The summed E-state index contributed by atoms with van der Waals surface area (Å²) in [6.45, 7) is 2.01. The summed E-state index contributed by atoms with van der Waals surface area (Å²) in [6.07, 6.45) is 5.67. The van der Waals surface area contributed by atoms with Gasteiger partial charge in [0.2, 0.25) is 5.91 Å². The number of aromatic nitrogens is 3. The molecule has 1 unspecified atom stereocenters. The molecule has 0 bridgehead atoms. The molecule has 1 aliphatic heterocycles. The fraction of sp³-hybridized carbons (Fsp3) is 0.286. The molecule has 144 valence electrons. The summed E-state index contributed by atoms with van der Waals surface area (Å²) in [5, 5.41) is 9.73. The highest BCUT2D eigenvalue weighted by Crippen LogP contribution is 2.26. The van der Waals surface area contributed by atoms with Gasteiger partial charge in [-0.25, -0.2) is 4.39 Å². The first kappa shape index (κ1) is 18.3. The van der Waals surface area contributed by atoms with Crippen LogP contribution in [0.3, 0.4) is 0 Å². The Morgan fingerprint density at radius 2 is 2.07 bits per heavy atom. The standard InChI is InChI=1S/C21H22FN5O/c22-17-4-6-18(7-5-17)25-21(28)14-27-11-1-2-16(13-27)19-8-3-15(12-23-19)20-9-10-24-26-20/h3-10,12,16H,1-2,11,13-14H2,(H,24,26)(H,25,28). The van der Waals surface area contributed by atoms with Gasteiger partial charge in [0.25, 0.3) is 0 Å². The minimum absolute atomic E-state index is 0.0881. The zero-order valence-electron chi connectivity index (χ0n) is 15.4. The second kappa shape index (κ2) is 8.31. The van der Waals surface area contributed by atoms with Gasteiger partial charge >= 0.3 is 0 Å². The first-order valence-corrected chi connectivity index (χ1v) is 9.41. The Bertz CT molecular complexity index is 909. The highest BCUT2D eigenvalue weighted by atomic mass is 19.1. The van der Waals surface area contributed by atoms with E-state index in [1.165, 1.54) is 12.1 Å². The third kappa shape index (κ3) is 4.43. The number of benzene rings is 1. The molecule has 1 aliphatic rings. The summed E-state index contributed by atoms with van der Waals surface area (Å²) in [5.74, 6) is -0.0964. The summed E-state index contributed by atoms with van der Waals surface area (Å²) >= 11 is 0. The van der Waals surface area contributed by atoms with Crippen LogP contribution in [-0.2, 0) is 4.79 Å². The largest absolute Gasteiger partial charge is 0.325 e. The predicted octanol–water partition coefficient (Wildman–Crippen LogP) is 3.43. The van der Waals surface area contributed by atoms with Crippen molar-refractivity contribution in [2.75, 3.05) is 25.0 Å². The number of nitrogens with one attached hydrogen (secondary N) is 2. The van der Waals surface area contributed by atoms with Crippen LogP contribution in [0, 0.1) is 5.82 Å². The van der Waals surface area contributed by atoms with Crippen LogP contribution < -0.4 is 5.32 Å². The van der Waals surface area contributed by atoms with Crippen LogP contribution in [0.5, 0.6) is 0 Å². The maximum absolute atomic E-state index is 13.0. The topological polar surface area (TPSA) is 73.9 Å². The van der Waals surface area contributed by atoms with Crippen molar-refractivity contribution in [2.45, 2.75) is 18.8 Å². The zero-order valence-corrected chi connectivity index (χ0v) is 15.4. The molecule has 0 radical (unpaired) electrons. The molecular weight excluding hydrogens is 357 g/mol. The van der Waals surface area contributed by atoms with Gasteiger partial charge in [0, 0.05) is 41.8 Å². The molecule has 28 heavy (non-hydrogen) atoms. The Balaban J connectivity index is 1.35. The number of amides is 1. The molecule has 0 aliphatic carbocycles. The van der Waals surface area contributed by atoms with Crippen LogP contribution in [0.2, 0.25) is 0 Å². The number of H-pyrrole nitrogens is 1. The SMILES string of the molecule is O=C(CN1CCCC(c2ccc(-c3ccn[nH]3)cn2)C1)Nc1ccc(F)cc1. The first-order chi connectivity index (χ1) is 13.7. The fourth-order valence-corrected chi connectivity index (χ4v) is 3.60. The number of aromatic amines is 1. The van der Waals surface area contributed by atoms with Crippen molar-refractivity contribution in [3.8, 4) is 11.3 Å². The van der Waals surface area contributed by atoms with E-state index in [1.807, 2.05) is 12.3 Å². The summed E-state index contributed by atoms with van der Waals surface area (Å²) in [4.78, 5) is 19.1. The first-order valence-electron chi connectivity index (χ1n) is 9.41. The Hall–Kier alpha value is -3.06. The maximum Gasteiger partial charge on any atom is 0.238 e. The average Bonchev–Trinajstić information content (AvgIpc) is 3.25. The Kier molecular flexibility index (Phi) is 5.43. The molecule has 4 rings (SSSR count). The third-order valence-electron chi connectivity index (χ3n) is 5.02. The fourth-order valence-electron chi connectivity index (χ4n) is 3.60. The van der Waals surface area contributed by atoms with Crippen molar-refractivity contribution in [1.29, 1.82) is 0 Å². The van der Waals surface area contributed by atoms with Gasteiger partial charge in [-0.15, -0.1) is 0 Å². The Morgan fingerprint density at radius 3 is 2.79 bits per heavy atom. The number of nitrogens with zero attached hydrogens (tertiary/aromatic N) is 3.